The topological polar surface area (TPSA) is 82.5 Å². The van der Waals surface area contributed by atoms with Crippen LogP contribution >= 0.6 is 11.6 Å². The molecule has 1 atom stereocenters. The van der Waals surface area contributed by atoms with Crippen LogP contribution in [0, 0.1) is 0 Å². The van der Waals surface area contributed by atoms with Crippen molar-refractivity contribution < 1.29 is 14.7 Å². The van der Waals surface area contributed by atoms with E-state index < -0.39 is 12.0 Å². The van der Waals surface area contributed by atoms with Crippen LogP contribution in [0.1, 0.15) is 29.6 Å². The van der Waals surface area contributed by atoms with Crippen LogP contribution in [0.5, 0.6) is 0 Å². The molecule has 1 fully saturated rings. The third-order valence-corrected chi connectivity index (χ3v) is 3.61. The highest BCUT2D eigenvalue weighted by molar-refractivity contribution is 6.29. The van der Waals surface area contributed by atoms with Gasteiger partial charge in [0.25, 0.3) is 0 Å². The van der Waals surface area contributed by atoms with Gasteiger partial charge in [0.1, 0.15) is 22.6 Å². The summed E-state index contributed by atoms with van der Waals surface area (Å²) in [7, 11) is 1.57. The van der Waals surface area contributed by atoms with Gasteiger partial charge in [0.05, 0.1) is 0 Å². The monoisotopic (exact) mass is 297 g/mol. The van der Waals surface area contributed by atoms with Crippen LogP contribution in [0.25, 0.3) is 0 Å². The van der Waals surface area contributed by atoms with Crippen LogP contribution in [0.3, 0.4) is 0 Å². The number of amides is 1. The molecule has 1 unspecified atom stereocenters. The largest absolute Gasteiger partial charge is 0.478 e. The highest BCUT2D eigenvalue weighted by Crippen LogP contribution is 2.28. The minimum Gasteiger partial charge on any atom is -0.478 e. The lowest BCUT2D eigenvalue weighted by Gasteiger charge is -2.36. The standard InChI is InChI=1S/C13H16ClN3O3/c1-15-12(18)9-4-2-3-7-17(9)11-8(13(19)20)5-6-10(14)16-11/h5-6,9H,2-4,7H2,1H3,(H,15,18)(H,19,20). The first-order valence-electron chi connectivity index (χ1n) is 6.42. The molecule has 0 aliphatic carbocycles. The zero-order valence-electron chi connectivity index (χ0n) is 11.1. The van der Waals surface area contributed by atoms with Gasteiger partial charge in [0, 0.05) is 13.6 Å². The fourth-order valence-corrected chi connectivity index (χ4v) is 2.58. The Balaban J connectivity index is 2.44. The number of carboxylic acids is 1. The number of carbonyl (C=O) groups excluding carboxylic acids is 1. The van der Waals surface area contributed by atoms with Gasteiger partial charge in [0.15, 0.2) is 0 Å². The predicted molar refractivity (Wildman–Crippen MR) is 75.3 cm³/mol. The number of aromatic nitrogens is 1. The maximum Gasteiger partial charge on any atom is 0.339 e. The summed E-state index contributed by atoms with van der Waals surface area (Å²) < 4.78 is 0. The molecule has 7 heteroatoms. The van der Waals surface area contributed by atoms with Crippen molar-refractivity contribution in [2.45, 2.75) is 25.3 Å². The second kappa shape index (κ2) is 6.09. The zero-order chi connectivity index (χ0) is 14.7. The number of nitrogens with one attached hydrogen (secondary N) is 1. The Kier molecular flexibility index (Phi) is 4.44. The molecule has 108 valence electrons. The van der Waals surface area contributed by atoms with Gasteiger partial charge in [-0.15, -0.1) is 0 Å². The molecule has 6 nitrogen and oxygen atoms in total. The summed E-state index contributed by atoms with van der Waals surface area (Å²) in [5, 5.41) is 12.1. The molecule has 0 radical (unpaired) electrons. The van der Waals surface area contributed by atoms with Crippen LogP contribution in [0.15, 0.2) is 12.1 Å². The van der Waals surface area contributed by atoms with E-state index in [9.17, 15) is 14.7 Å². The summed E-state index contributed by atoms with van der Waals surface area (Å²) in [6.45, 7) is 0.589. The van der Waals surface area contributed by atoms with Crippen molar-refractivity contribution in [3.05, 3.63) is 22.8 Å². The number of likely N-dealkylation sites (N-methyl/N-ethyl adjacent to an activating group) is 1. The quantitative estimate of drug-likeness (QED) is 0.827. The number of hydrogen-bond donors (Lipinski definition) is 2. The molecule has 0 aromatic carbocycles. The van der Waals surface area contributed by atoms with E-state index in [1.807, 2.05) is 0 Å². The molecule has 0 spiro atoms. The normalized spacial score (nSPS) is 18.7. The zero-order valence-corrected chi connectivity index (χ0v) is 11.9. The van der Waals surface area contributed by atoms with E-state index in [4.69, 9.17) is 11.6 Å². The van der Waals surface area contributed by atoms with E-state index in [0.29, 0.717) is 13.0 Å². The van der Waals surface area contributed by atoms with Crippen LogP contribution in [0.2, 0.25) is 5.15 Å². The fourth-order valence-electron chi connectivity index (χ4n) is 2.44. The molecule has 1 aliphatic rings. The number of rotatable bonds is 3. The van der Waals surface area contributed by atoms with E-state index in [1.54, 1.807) is 11.9 Å². The lowest BCUT2D eigenvalue weighted by Crippen LogP contribution is -2.49. The number of nitrogens with zero attached hydrogens (tertiary/aromatic N) is 2. The third-order valence-electron chi connectivity index (χ3n) is 3.40. The summed E-state index contributed by atoms with van der Waals surface area (Å²) >= 11 is 5.87. The van der Waals surface area contributed by atoms with E-state index in [-0.39, 0.29) is 22.4 Å². The van der Waals surface area contributed by atoms with Gasteiger partial charge in [0.2, 0.25) is 5.91 Å². The molecular weight excluding hydrogens is 282 g/mol. The number of piperidine rings is 1. The van der Waals surface area contributed by atoms with Gasteiger partial charge in [-0.1, -0.05) is 11.6 Å². The second-order valence-corrected chi connectivity index (χ2v) is 5.02. The summed E-state index contributed by atoms with van der Waals surface area (Å²) in [6, 6.07) is 2.45. The van der Waals surface area contributed by atoms with E-state index in [2.05, 4.69) is 10.3 Å². The number of halogens is 1. The van der Waals surface area contributed by atoms with Crippen molar-refractivity contribution in [2.24, 2.45) is 0 Å². The number of hydrogen-bond acceptors (Lipinski definition) is 4. The van der Waals surface area contributed by atoms with Crippen LogP contribution < -0.4 is 10.2 Å². The maximum atomic E-state index is 12.0. The molecule has 2 N–H and O–H groups in total. The summed E-state index contributed by atoms with van der Waals surface area (Å²) in [5.41, 5.74) is 0.0604. The van der Waals surface area contributed by atoms with Crippen molar-refractivity contribution in [1.82, 2.24) is 10.3 Å². The van der Waals surface area contributed by atoms with E-state index in [0.717, 1.165) is 12.8 Å². The van der Waals surface area contributed by atoms with Crippen molar-refractivity contribution >= 4 is 29.3 Å². The number of carbonyl (C=O) groups is 2. The number of anilines is 1. The molecule has 20 heavy (non-hydrogen) atoms. The molecular formula is C13H16ClN3O3. The lowest BCUT2D eigenvalue weighted by atomic mass is 10.0. The van der Waals surface area contributed by atoms with Crippen molar-refractivity contribution in [2.75, 3.05) is 18.5 Å². The molecule has 1 aromatic rings. The van der Waals surface area contributed by atoms with Gasteiger partial charge >= 0.3 is 5.97 Å². The molecule has 1 amide bonds. The summed E-state index contributed by atoms with van der Waals surface area (Å²) in [5.74, 6) is -0.952. The molecule has 1 aliphatic heterocycles. The van der Waals surface area contributed by atoms with Gasteiger partial charge < -0.3 is 15.3 Å². The average molecular weight is 298 g/mol. The Hall–Kier alpha value is -1.82. The molecule has 1 saturated heterocycles. The first kappa shape index (κ1) is 14.6. The second-order valence-electron chi connectivity index (χ2n) is 4.63. The van der Waals surface area contributed by atoms with Gasteiger partial charge in [-0.25, -0.2) is 9.78 Å². The number of carboxylic acid groups (broad SMARTS) is 1. The van der Waals surface area contributed by atoms with Crippen LogP contribution in [-0.4, -0.2) is 41.6 Å². The Labute approximate surface area is 121 Å². The van der Waals surface area contributed by atoms with Crippen molar-refractivity contribution in [3.8, 4) is 0 Å². The summed E-state index contributed by atoms with van der Waals surface area (Å²) in [6.07, 6.45) is 2.49. The Morgan fingerprint density at radius 3 is 2.85 bits per heavy atom. The van der Waals surface area contributed by atoms with Gasteiger partial charge in [-0.2, -0.15) is 0 Å². The van der Waals surface area contributed by atoms with Crippen LogP contribution in [0.4, 0.5) is 5.82 Å². The number of aromatic carboxylic acids is 1. The van der Waals surface area contributed by atoms with Gasteiger partial charge in [-0.3, -0.25) is 4.79 Å². The number of pyridine rings is 1. The molecule has 1 aromatic heterocycles. The van der Waals surface area contributed by atoms with Gasteiger partial charge in [-0.05, 0) is 31.4 Å². The minimum absolute atomic E-state index is 0.0604. The fraction of sp³-hybridized carbons (Fsp3) is 0.462. The van der Waals surface area contributed by atoms with Crippen LogP contribution in [-0.2, 0) is 4.79 Å². The van der Waals surface area contributed by atoms with Crippen molar-refractivity contribution in [1.29, 1.82) is 0 Å². The minimum atomic E-state index is -1.08. The third kappa shape index (κ3) is 2.85. The first-order chi connectivity index (χ1) is 9.54. The van der Waals surface area contributed by atoms with Crippen molar-refractivity contribution in [3.63, 3.8) is 0 Å². The van der Waals surface area contributed by atoms with E-state index >= 15 is 0 Å². The average Bonchev–Trinajstić information content (AvgIpc) is 2.46. The SMILES string of the molecule is CNC(=O)C1CCCCN1c1nc(Cl)ccc1C(=O)O. The highest BCUT2D eigenvalue weighted by Gasteiger charge is 2.31. The summed E-state index contributed by atoms with van der Waals surface area (Å²) in [4.78, 5) is 29.1. The molecule has 0 bridgehead atoms. The molecule has 2 rings (SSSR count). The molecule has 0 saturated carbocycles. The first-order valence-corrected chi connectivity index (χ1v) is 6.80. The predicted octanol–water partition coefficient (Wildman–Crippen LogP) is 1.54. The smallest absolute Gasteiger partial charge is 0.339 e. The highest BCUT2D eigenvalue weighted by atomic mass is 35.5. The Bertz CT molecular complexity index is 536. The maximum absolute atomic E-state index is 12.0. The molecule has 2 heterocycles. The lowest BCUT2D eigenvalue weighted by molar-refractivity contribution is -0.122. The van der Waals surface area contributed by atoms with E-state index in [1.165, 1.54) is 12.1 Å². The Morgan fingerprint density at radius 1 is 1.45 bits per heavy atom. The Morgan fingerprint density at radius 2 is 2.20 bits per heavy atom.